The van der Waals surface area contributed by atoms with Crippen LogP contribution in [0.4, 0.5) is 5.69 Å². The summed E-state index contributed by atoms with van der Waals surface area (Å²) in [5, 5.41) is 2.72. The van der Waals surface area contributed by atoms with Gasteiger partial charge in [-0.3, -0.25) is 4.79 Å². The lowest BCUT2D eigenvalue weighted by atomic mass is 10.2. The van der Waals surface area contributed by atoms with Gasteiger partial charge in [0, 0.05) is 21.2 Å². The molecule has 0 radical (unpaired) electrons. The van der Waals surface area contributed by atoms with Crippen molar-refractivity contribution in [2.24, 2.45) is 0 Å². The Labute approximate surface area is 84.8 Å². The predicted octanol–water partition coefficient (Wildman–Crippen LogP) is 2.58. The first kappa shape index (κ1) is 8.59. The molecule has 66 valence electrons. The highest BCUT2D eigenvalue weighted by Gasteiger charge is 2.07. The highest BCUT2D eigenvalue weighted by molar-refractivity contribution is 7.80. The van der Waals surface area contributed by atoms with E-state index in [1.165, 1.54) is 11.3 Å². The smallest absolute Gasteiger partial charge is 0.151 e. The second-order valence-corrected chi connectivity index (χ2v) is 4.05. The van der Waals surface area contributed by atoms with Gasteiger partial charge < -0.3 is 5.73 Å². The number of fused-ring (bicyclic) bond motifs is 1. The molecule has 1 aromatic heterocycles. The van der Waals surface area contributed by atoms with Gasteiger partial charge in [0.05, 0.1) is 10.4 Å². The van der Waals surface area contributed by atoms with Crippen LogP contribution in [-0.4, -0.2) is 6.29 Å². The second kappa shape index (κ2) is 3.05. The number of carbonyl (C=O) groups is 1. The van der Waals surface area contributed by atoms with Crippen molar-refractivity contribution in [2.75, 3.05) is 5.73 Å². The Hall–Kier alpha value is -1.000. The lowest BCUT2D eigenvalue weighted by Gasteiger charge is -1.99. The van der Waals surface area contributed by atoms with Gasteiger partial charge in [-0.1, -0.05) is 6.07 Å². The van der Waals surface area contributed by atoms with Crippen LogP contribution >= 0.6 is 24.0 Å². The number of hydrogen-bond donors (Lipinski definition) is 2. The molecular weight excluding hydrogens is 202 g/mol. The average Bonchev–Trinajstić information content (AvgIpc) is 2.55. The number of nitrogen functional groups attached to an aromatic ring is 1. The molecule has 4 heteroatoms. The monoisotopic (exact) mass is 209 g/mol. The van der Waals surface area contributed by atoms with E-state index in [-0.39, 0.29) is 0 Å². The average molecular weight is 209 g/mol. The molecule has 2 rings (SSSR count). The first-order chi connectivity index (χ1) is 6.24. The molecule has 0 aliphatic heterocycles. The number of thiol groups is 1. The standard InChI is InChI=1S/C9H7NOS2/c10-8-7(12)2-1-6-5(3-11)4-13-9(6)8/h1-4,12H,10H2. The van der Waals surface area contributed by atoms with Crippen LogP contribution in [0.3, 0.4) is 0 Å². The summed E-state index contributed by atoms with van der Waals surface area (Å²) < 4.78 is 0.939. The molecule has 2 N–H and O–H groups in total. The van der Waals surface area contributed by atoms with Crippen molar-refractivity contribution in [1.29, 1.82) is 0 Å². The van der Waals surface area contributed by atoms with Gasteiger partial charge in [0.25, 0.3) is 0 Å². The number of carbonyl (C=O) groups excluding carboxylic acids is 1. The van der Waals surface area contributed by atoms with Crippen molar-refractivity contribution in [3.63, 3.8) is 0 Å². The molecule has 1 heterocycles. The van der Waals surface area contributed by atoms with E-state index < -0.39 is 0 Å². The summed E-state index contributed by atoms with van der Waals surface area (Å²) in [6, 6.07) is 3.68. The van der Waals surface area contributed by atoms with Gasteiger partial charge in [0.15, 0.2) is 6.29 Å². The maximum absolute atomic E-state index is 10.6. The zero-order chi connectivity index (χ0) is 9.42. The van der Waals surface area contributed by atoms with E-state index in [0.29, 0.717) is 11.3 Å². The molecule has 0 bridgehead atoms. The Kier molecular flexibility index (Phi) is 2.01. The van der Waals surface area contributed by atoms with E-state index in [2.05, 4.69) is 12.6 Å². The molecule has 0 saturated carbocycles. The van der Waals surface area contributed by atoms with Crippen LogP contribution in [0.25, 0.3) is 10.1 Å². The van der Waals surface area contributed by atoms with Gasteiger partial charge in [0.1, 0.15) is 0 Å². The minimum Gasteiger partial charge on any atom is -0.397 e. The number of anilines is 1. The Morgan fingerprint density at radius 1 is 1.46 bits per heavy atom. The Morgan fingerprint density at radius 2 is 2.23 bits per heavy atom. The first-order valence-electron chi connectivity index (χ1n) is 3.68. The fraction of sp³-hybridized carbons (Fsp3) is 0. The fourth-order valence-corrected chi connectivity index (χ4v) is 2.46. The van der Waals surface area contributed by atoms with E-state index in [4.69, 9.17) is 5.73 Å². The molecule has 0 saturated heterocycles. The van der Waals surface area contributed by atoms with Gasteiger partial charge in [0.2, 0.25) is 0 Å². The highest BCUT2D eigenvalue weighted by atomic mass is 32.1. The van der Waals surface area contributed by atoms with Gasteiger partial charge in [-0.15, -0.1) is 24.0 Å². The van der Waals surface area contributed by atoms with E-state index in [0.717, 1.165) is 21.3 Å². The van der Waals surface area contributed by atoms with E-state index >= 15 is 0 Å². The number of aldehydes is 1. The van der Waals surface area contributed by atoms with Gasteiger partial charge >= 0.3 is 0 Å². The number of benzene rings is 1. The van der Waals surface area contributed by atoms with Crippen LogP contribution in [-0.2, 0) is 0 Å². The summed E-state index contributed by atoms with van der Waals surface area (Å²) in [6.07, 6.45) is 0.844. The topological polar surface area (TPSA) is 43.1 Å². The van der Waals surface area contributed by atoms with Gasteiger partial charge in [-0.25, -0.2) is 0 Å². The number of nitrogens with two attached hydrogens (primary N) is 1. The lowest BCUT2D eigenvalue weighted by molar-refractivity contribution is 0.112. The molecule has 0 fully saturated rings. The van der Waals surface area contributed by atoms with Crippen LogP contribution in [0, 0.1) is 0 Å². The van der Waals surface area contributed by atoms with Crippen LogP contribution in [0.5, 0.6) is 0 Å². The van der Waals surface area contributed by atoms with Crippen LogP contribution in [0.2, 0.25) is 0 Å². The fourth-order valence-electron chi connectivity index (χ4n) is 1.22. The quantitative estimate of drug-likeness (QED) is 0.430. The lowest BCUT2D eigenvalue weighted by Crippen LogP contribution is -1.86. The Bertz CT molecular complexity index is 476. The summed E-state index contributed by atoms with van der Waals surface area (Å²) in [7, 11) is 0. The second-order valence-electron chi connectivity index (χ2n) is 2.68. The SMILES string of the molecule is Nc1c(S)ccc2c(C=O)csc12. The summed E-state index contributed by atoms with van der Waals surface area (Å²) in [6.45, 7) is 0. The number of hydrogen-bond acceptors (Lipinski definition) is 4. The summed E-state index contributed by atoms with van der Waals surface area (Å²) >= 11 is 5.68. The van der Waals surface area contributed by atoms with Crippen LogP contribution in [0.1, 0.15) is 10.4 Å². The van der Waals surface area contributed by atoms with Crippen molar-refractivity contribution in [3.8, 4) is 0 Å². The minimum absolute atomic E-state index is 0.652. The third kappa shape index (κ3) is 1.22. The van der Waals surface area contributed by atoms with Crippen molar-refractivity contribution in [3.05, 3.63) is 23.1 Å². The van der Waals surface area contributed by atoms with Crippen molar-refractivity contribution < 1.29 is 4.79 Å². The van der Waals surface area contributed by atoms with Crippen LogP contribution in [0.15, 0.2) is 22.4 Å². The minimum atomic E-state index is 0.652. The zero-order valence-corrected chi connectivity index (χ0v) is 8.36. The molecule has 2 nitrogen and oxygen atoms in total. The molecule has 0 amide bonds. The zero-order valence-electron chi connectivity index (χ0n) is 6.65. The maximum atomic E-state index is 10.6. The van der Waals surface area contributed by atoms with Crippen molar-refractivity contribution in [2.45, 2.75) is 4.90 Å². The number of thiophene rings is 1. The summed E-state index contributed by atoms with van der Waals surface area (Å²) in [5.74, 6) is 0. The predicted molar refractivity (Wildman–Crippen MR) is 58.9 cm³/mol. The van der Waals surface area contributed by atoms with Crippen molar-refractivity contribution >= 4 is 46.0 Å². The molecule has 0 spiro atoms. The van der Waals surface area contributed by atoms with Crippen molar-refractivity contribution in [1.82, 2.24) is 0 Å². The normalized spacial score (nSPS) is 10.5. The molecule has 0 aliphatic carbocycles. The maximum Gasteiger partial charge on any atom is 0.151 e. The molecule has 1 aromatic carbocycles. The molecule has 0 aliphatic rings. The molecule has 0 unspecified atom stereocenters. The molecular formula is C9H7NOS2. The third-order valence-corrected chi connectivity index (χ3v) is 3.35. The Balaban J connectivity index is 2.88. The number of rotatable bonds is 1. The Morgan fingerprint density at radius 3 is 2.92 bits per heavy atom. The van der Waals surface area contributed by atoms with Gasteiger partial charge in [-0.2, -0.15) is 0 Å². The molecule has 13 heavy (non-hydrogen) atoms. The molecule has 2 aromatic rings. The van der Waals surface area contributed by atoms with E-state index in [1.807, 2.05) is 6.07 Å². The summed E-state index contributed by atoms with van der Waals surface area (Å²) in [5.41, 5.74) is 7.15. The molecule has 0 atom stereocenters. The van der Waals surface area contributed by atoms with E-state index in [1.54, 1.807) is 11.4 Å². The van der Waals surface area contributed by atoms with E-state index in [9.17, 15) is 4.79 Å². The van der Waals surface area contributed by atoms with Crippen LogP contribution < -0.4 is 5.73 Å². The first-order valence-corrected chi connectivity index (χ1v) is 5.00. The third-order valence-electron chi connectivity index (χ3n) is 1.91. The largest absolute Gasteiger partial charge is 0.397 e. The van der Waals surface area contributed by atoms with Gasteiger partial charge in [-0.05, 0) is 6.07 Å². The summed E-state index contributed by atoms with van der Waals surface area (Å²) in [4.78, 5) is 11.4. The highest BCUT2D eigenvalue weighted by Crippen LogP contribution is 2.33.